The van der Waals surface area contributed by atoms with E-state index in [0.717, 1.165) is 22.4 Å². The van der Waals surface area contributed by atoms with Crippen LogP contribution in [0.1, 0.15) is 11.3 Å². The van der Waals surface area contributed by atoms with Gasteiger partial charge in [-0.05, 0) is 19.9 Å². The van der Waals surface area contributed by atoms with Gasteiger partial charge in [0.05, 0.1) is 11.3 Å². The highest BCUT2D eigenvalue weighted by atomic mass is 16.5. The maximum Gasteiger partial charge on any atom is 0.261 e. The summed E-state index contributed by atoms with van der Waals surface area (Å²) in [5.41, 5.74) is 3.66. The van der Waals surface area contributed by atoms with Crippen LogP contribution in [0.15, 0.2) is 41.3 Å². The molecule has 0 atom stereocenters. The van der Waals surface area contributed by atoms with Crippen LogP contribution in [0.2, 0.25) is 0 Å². The maximum atomic E-state index is 5.28. The van der Waals surface area contributed by atoms with Crippen LogP contribution in [-0.2, 0) is 0 Å². The van der Waals surface area contributed by atoms with Crippen molar-refractivity contribution in [3.05, 3.63) is 48.0 Å². The third kappa shape index (κ3) is 2.22. The van der Waals surface area contributed by atoms with Crippen LogP contribution in [0, 0.1) is 13.8 Å². The van der Waals surface area contributed by atoms with Gasteiger partial charge in [-0.3, -0.25) is 0 Å². The molecule has 0 radical (unpaired) electrons. The van der Waals surface area contributed by atoms with Gasteiger partial charge in [0.1, 0.15) is 6.33 Å². The van der Waals surface area contributed by atoms with Gasteiger partial charge in [-0.2, -0.15) is 4.98 Å². The summed E-state index contributed by atoms with van der Waals surface area (Å²) in [6.07, 6.45) is 3.17. The molecule has 1 aromatic carbocycles. The Morgan fingerprint density at radius 1 is 1.16 bits per heavy atom. The fourth-order valence-corrected chi connectivity index (χ4v) is 1.84. The quantitative estimate of drug-likeness (QED) is 0.701. The SMILES string of the molecule is Cc1cccc(-c2noc(-c3cncnc3C)n2)c1. The van der Waals surface area contributed by atoms with Gasteiger partial charge in [0.2, 0.25) is 5.82 Å². The van der Waals surface area contributed by atoms with Crippen LogP contribution < -0.4 is 0 Å². The Hall–Kier alpha value is -2.56. The van der Waals surface area contributed by atoms with Gasteiger partial charge in [-0.25, -0.2) is 9.97 Å². The number of hydrogen-bond acceptors (Lipinski definition) is 5. The van der Waals surface area contributed by atoms with Crippen LogP contribution in [-0.4, -0.2) is 20.1 Å². The number of hydrogen-bond donors (Lipinski definition) is 0. The summed E-state index contributed by atoms with van der Waals surface area (Å²) in [7, 11) is 0. The van der Waals surface area contributed by atoms with Crippen LogP contribution in [0.25, 0.3) is 22.8 Å². The van der Waals surface area contributed by atoms with Gasteiger partial charge >= 0.3 is 0 Å². The Morgan fingerprint density at radius 2 is 2.05 bits per heavy atom. The molecule has 0 aliphatic carbocycles. The average molecular weight is 252 g/mol. The summed E-state index contributed by atoms with van der Waals surface area (Å²) in [6, 6.07) is 7.97. The smallest absolute Gasteiger partial charge is 0.261 e. The second-order valence-corrected chi connectivity index (χ2v) is 4.31. The van der Waals surface area contributed by atoms with E-state index in [9.17, 15) is 0 Å². The standard InChI is InChI=1S/C14H12N4O/c1-9-4-3-5-11(6-9)13-17-14(19-18-13)12-7-15-8-16-10(12)2/h3-8H,1-2H3. The molecule has 5 nitrogen and oxygen atoms in total. The van der Waals surface area contributed by atoms with E-state index < -0.39 is 0 Å². The van der Waals surface area contributed by atoms with Crippen molar-refractivity contribution >= 4 is 0 Å². The number of aromatic nitrogens is 4. The molecule has 0 aliphatic rings. The molecule has 2 aromatic heterocycles. The second-order valence-electron chi connectivity index (χ2n) is 4.31. The van der Waals surface area contributed by atoms with E-state index in [-0.39, 0.29) is 0 Å². The minimum absolute atomic E-state index is 0.439. The van der Waals surface area contributed by atoms with Crippen molar-refractivity contribution in [2.75, 3.05) is 0 Å². The molecule has 0 aliphatic heterocycles. The fraction of sp³-hybridized carbons (Fsp3) is 0.143. The Balaban J connectivity index is 2.03. The molecule has 0 bridgehead atoms. The molecule has 3 rings (SSSR count). The van der Waals surface area contributed by atoms with E-state index in [1.54, 1.807) is 6.20 Å². The lowest BCUT2D eigenvalue weighted by molar-refractivity contribution is 0.431. The second kappa shape index (κ2) is 4.61. The van der Waals surface area contributed by atoms with Crippen molar-refractivity contribution in [1.82, 2.24) is 20.1 Å². The zero-order valence-corrected chi connectivity index (χ0v) is 10.7. The summed E-state index contributed by atoms with van der Waals surface area (Å²) in [4.78, 5) is 12.5. The number of aryl methyl sites for hydroxylation is 2. The van der Waals surface area contributed by atoms with Crippen LogP contribution in [0.5, 0.6) is 0 Å². The normalized spacial score (nSPS) is 10.6. The topological polar surface area (TPSA) is 64.7 Å². The predicted octanol–water partition coefficient (Wildman–Crippen LogP) is 2.81. The van der Waals surface area contributed by atoms with Crippen molar-refractivity contribution in [3.8, 4) is 22.8 Å². The van der Waals surface area contributed by atoms with E-state index in [1.165, 1.54) is 6.33 Å². The monoisotopic (exact) mass is 252 g/mol. The molecule has 19 heavy (non-hydrogen) atoms. The van der Waals surface area contributed by atoms with Crippen molar-refractivity contribution in [2.45, 2.75) is 13.8 Å². The van der Waals surface area contributed by atoms with E-state index >= 15 is 0 Å². The molecule has 3 aromatic rings. The molecular formula is C14H12N4O. The molecule has 94 valence electrons. The van der Waals surface area contributed by atoms with Crippen LogP contribution in [0.3, 0.4) is 0 Å². The molecule has 0 unspecified atom stereocenters. The molecule has 5 heteroatoms. The highest BCUT2D eigenvalue weighted by Crippen LogP contribution is 2.23. The first-order valence-corrected chi connectivity index (χ1v) is 5.92. The molecule has 0 saturated heterocycles. The minimum atomic E-state index is 0.439. The van der Waals surface area contributed by atoms with Crippen molar-refractivity contribution in [3.63, 3.8) is 0 Å². The number of benzene rings is 1. The highest BCUT2D eigenvalue weighted by Gasteiger charge is 2.13. The molecule has 0 saturated carbocycles. The van der Waals surface area contributed by atoms with Gasteiger partial charge in [0.25, 0.3) is 5.89 Å². The maximum absolute atomic E-state index is 5.28. The number of nitrogens with zero attached hydrogens (tertiary/aromatic N) is 4. The Kier molecular flexibility index (Phi) is 2.79. The highest BCUT2D eigenvalue weighted by molar-refractivity contribution is 5.60. The van der Waals surface area contributed by atoms with E-state index in [2.05, 4.69) is 20.1 Å². The molecule has 0 N–H and O–H groups in total. The first-order chi connectivity index (χ1) is 9.24. The van der Waals surface area contributed by atoms with Gasteiger partial charge < -0.3 is 4.52 Å². The summed E-state index contributed by atoms with van der Waals surface area (Å²) >= 11 is 0. The van der Waals surface area contributed by atoms with E-state index in [1.807, 2.05) is 38.1 Å². The molecule has 0 spiro atoms. The first-order valence-electron chi connectivity index (χ1n) is 5.92. The molecule has 0 amide bonds. The summed E-state index contributed by atoms with van der Waals surface area (Å²) in [5, 5.41) is 4.00. The fourth-order valence-electron chi connectivity index (χ4n) is 1.84. The zero-order valence-electron chi connectivity index (χ0n) is 10.7. The van der Waals surface area contributed by atoms with E-state index in [0.29, 0.717) is 11.7 Å². The van der Waals surface area contributed by atoms with E-state index in [4.69, 9.17) is 4.52 Å². The van der Waals surface area contributed by atoms with Crippen LogP contribution in [0.4, 0.5) is 0 Å². The Labute approximate surface area is 110 Å². The molecule has 2 heterocycles. The summed E-state index contributed by atoms with van der Waals surface area (Å²) in [5.74, 6) is 1.01. The van der Waals surface area contributed by atoms with Gasteiger partial charge in [-0.1, -0.05) is 28.9 Å². The van der Waals surface area contributed by atoms with Crippen molar-refractivity contribution in [1.29, 1.82) is 0 Å². The van der Waals surface area contributed by atoms with Crippen LogP contribution >= 0.6 is 0 Å². The zero-order chi connectivity index (χ0) is 13.2. The number of rotatable bonds is 2. The largest absolute Gasteiger partial charge is 0.333 e. The van der Waals surface area contributed by atoms with Crippen molar-refractivity contribution < 1.29 is 4.52 Å². The lowest BCUT2D eigenvalue weighted by Crippen LogP contribution is -1.89. The summed E-state index contributed by atoms with van der Waals surface area (Å²) < 4.78 is 5.28. The summed E-state index contributed by atoms with van der Waals surface area (Å²) in [6.45, 7) is 3.91. The third-order valence-electron chi connectivity index (χ3n) is 2.84. The minimum Gasteiger partial charge on any atom is -0.333 e. The first kappa shape index (κ1) is 11.5. The predicted molar refractivity (Wildman–Crippen MR) is 70.2 cm³/mol. The third-order valence-corrected chi connectivity index (χ3v) is 2.84. The Bertz CT molecular complexity index is 721. The van der Waals surface area contributed by atoms with Gasteiger partial charge in [0, 0.05) is 11.8 Å². The lowest BCUT2D eigenvalue weighted by Gasteiger charge is -1.96. The van der Waals surface area contributed by atoms with Crippen molar-refractivity contribution in [2.24, 2.45) is 0 Å². The Morgan fingerprint density at radius 3 is 2.84 bits per heavy atom. The molecule has 0 fully saturated rings. The van der Waals surface area contributed by atoms with Gasteiger partial charge in [-0.15, -0.1) is 0 Å². The lowest BCUT2D eigenvalue weighted by atomic mass is 10.1. The average Bonchev–Trinajstić information content (AvgIpc) is 2.89. The van der Waals surface area contributed by atoms with Gasteiger partial charge in [0.15, 0.2) is 0 Å². The molecular weight excluding hydrogens is 240 g/mol.